The van der Waals surface area contributed by atoms with Gasteiger partial charge in [0.2, 0.25) is 5.28 Å². The number of nitro groups is 1. The van der Waals surface area contributed by atoms with Gasteiger partial charge >= 0.3 is 11.6 Å². The van der Waals surface area contributed by atoms with Gasteiger partial charge in [-0.3, -0.25) is 15.2 Å². The Morgan fingerprint density at radius 3 is 2.59 bits per heavy atom. The fraction of sp³-hybridized carbons (Fsp3) is 0.619. The summed E-state index contributed by atoms with van der Waals surface area (Å²) >= 11 is 11.8. The summed E-state index contributed by atoms with van der Waals surface area (Å²) in [5, 5.41) is 22.4. The average Bonchev–Trinajstić information content (AvgIpc) is 3.37. The van der Waals surface area contributed by atoms with Crippen LogP contribution in [0.2, 0.25) is 10.4 Å². The monoisotopic (exact) mass is 515 g/mol. The molecule has 3 aromatic rings. The van der Waals surface area contributed by atoms with E-state index in [2.05, 4.69) is 25.3 Å². The fourth-order valence-electron chi connectivity index (χ4n) is 3.46. The average molecular weight is 516 g/mol. The van der Waals surface area contributed by atoms with Gasteiger partial charge in [-0.1, -0.05) is 44.7 Å². The highest BCUT2D eigenvalue weighted by Crippen LogP contribution is 2.27. The lowest BCUT2D eigenvalue weighted by Gasteiger charge is -2.19. The molecule has 0 aliphatic heterocycles. The molecule has 0 bridgehead atoms. The molecule has 1 aliphatic rings. The number of rotatable bonds is 7. The highest BCUT2D eigenvalue weighted by atomic mass is 35.5. The van der Waals surface area contributed by atoms with Crippen LogP contribution in [0.5, 0.6) is 5.88 Å². The standard InChI is InChI=1S/C12H11Cl2N7O3.C7H14O.C2H6/c1-6-8(21(22)23)11(18-17-6)24-4-2-3-20-10-7(9(13)19-20)5-15-12(14)16-10;1-8-7-5-3-2-4-6-7;1-2/h5H,2-4H2,1H3,(H,17,18);7H,2-6H2,1H3;1-2H3. The summed E-state index contributed by atoms with van der Waals surface area (Å²) in [6.07, 6.45) is 9.34. The first kappa shape index (κ1) is 27.7. The van der Waals surface area contributed by atoms with E-state index in [1.54, 1.807) is 11.6 Å². The largest absolute Gasteiger partial charge is 0.472 e. The van der Waals surface area contributed by atoms with Crippen molar-refractivity contribution in [2.24, 2.45) is 0 Å². The number of hydrogen-bond acceptors (Lipinski definition) is 8. The molecule has 3 heterocycles. The Bertz CT molecular complexity index is 1050. The zero-order valence-corrected chi connectivity index (χ0v) is 21.4. The molecule has 13 heteroatoms. The second-order valence-corrected chi connectivity index (χ2v) is 8.04. The minimum absolute atomic E-state index is 0.0359. The summed E-state index contributed by atoms with van der Waals surface area (Å²) in [6.45, 7) is 6.20. The van der Waals surface area contributed by atoms with Gasteiger partial charge in [-0.15, -0.1) is 5.10 Å². The molecule has 0 atom stereocenters. The van der Waals surface area contributed by atoms with Crippen molar-refractivity contribution >= 4 is 39.9 Å². The van der Waals surface area contributed by atoms with Crippen LogP contribution in [0.4, 0.5) is 5.69 Å². The third kappa shape index (κ3) is 7.51. The minimum atomic E-state index is -0.534. The van der Waals surface area contributed by atoms with Gasteiger partial charge < -0.3 is 9.47 Å². The lowest BCUT2D eigenvalue weighted by Crippen LogP contribution is -2.13. The highest BCUT2D eigenvalue weighted by Gasteiger charge is 2.23. The normalized spacial score (nSPS) is 13.6. The van der Waals surface area contributed by atoms with Crippen LogP contribution in [0, 0.1) is 17.0 Å². The maximum Gasteiger partial charge on any atom is 0.352 e. The molecule has 0 aromatic carbocycles. The Labute approximate surface area is 208 Å². The topological polar surface area (TPSA) is 134 Å². The number of halogens is 2. The van der Waals surface area contributed by atoms with E-state index in [0.717, 1.165) is 0 Å². The lowest BCUT2D eigenvalue weighted by atomic mass is 9.98. The molecule has 34 heavy (non-hydrogen) atoms. The number of aryl methyl sites for hydroxylation is 2. The summed E-state index contributed by atoms with van der Waals surface area (Å²) in [4.78, 5) is 18.4. The van der Waals surface area contributed by atoms with Gasteiger partial charge in [0.25, 0.3) is 0 Å². The number of fused-ring (bicyclic) bond motifs is 1. The van der Waals surface area contributed by atoms with Gasteiger partial charge in [0.1, 0.15) is 5.69 Å². The molecular formula is C21H31Cl2N7O4. The number of hydrogen-bond donors (Lipinski definition) is 1. The Balaban J connectivity index is 0.000000343. The third-order valence-electron chi connectivity index (χ3n) is 5.12. The van der Waals surface area contributed by atoms with Crippen LogP contribution in [0.15, 0.2) is 6.20 Å². The lowest BCUT2D eigenvalue weighted by molar-refractivity contribution is -0.386. The second kappa shape index (κ2) is 14.0. The summed E-state index contributed by atoms with van der Waals surface area (Å²) in [5.41, 5.74) is 0.690. The maximum absolute atomic E-state index is 10.9. The highest BCUT2D eigenvalue weighted by molar-refractivity contribution is 6.34. The zero-order valence-electron chi connectivity index (χ0n) is 19.9. The molecule has 0 saturated heterocycles. The van der Waals surface area contributed by atoms with Crippen molar-refractivity contribution in [2.75, 3.05) is 13.7 Å². The molecule has 0 unspecified atom stereocenters. The quantitative estimate of drug-likeness (QED) is 0.187. The number of nitrogens with zero attached hydrogens (tertiary/aromatic N) is 6. The maximum atomic E-state index is 10.9. The summed E-state index contributed by atoms with van der Waals surface area (Å²) in [7, 11) is 1.82. The van der Waals surface area contributed by atoms with Crippen molar-refractivity contribution in [3.8, 4) is 5.88 Å². The van der Waals surface area contributed by atoms with Gasteiger partial charge in [-0.05, 0) is 31.4 Å². The molecule has 11 nitrogen and oxygen atoms in total. The molecule has 1 aliphatic carbocycles. The first-order chi connectivity index (χ1) is 16.4. The molecule has 0 spiro atoms. The number of methoxy groups -OCH3 is 1. The van der Waals surface area contributed by atoms with E-state index in [9.17, 15) is 10.1 Å². The van der Waals surface area contributed by atoms with E-state index >= 15 is 0 Å². The smallest absolute Gasteiger partial charge is 0.352 e. The van der Waals surface area contributed by atoms with Gasteiger partial charge in [0.05, 0.1) is 23.0 Å². The first-order valence-electron chi connectivity index (χ1n) is 11.3. The third-order valence-corrected chi connectivity index (χ3v) is 5.58. The van der Waals surface area contributed by atoms with E-state index in [1.165, 1.54) is 38.3 Å². The number of aromatic nitrogens is 6. The zero-order chi connectivity index (χ0) is 25.1. The molecule has 3 aromatic heterocycles. The molecular weight excluding hydrogens is 485 g/mol. The van der Waals surface area contributed by atoms with Crippen molar-refractivity contribution in [1.82, 2.24) is 29.9 Å². The Morgan fingerprint density at radius 1 is 1.26 bits per heavy atom. The van der Waals surface area contributed by atoms with Crippen molar-refractivity contribution in [2.45, 2.75) is 71.9 Å². The Kier molecular flexibility index (Phi) is 11.4. The minimum Gasteiger partial charge on any atom is -0.472 e. The van der Waals surface area contributed by atoms with E-state index in [4.69, 9.17) is 32.7 Å². The number of ether oxygens (including phenoxy) is 2. The summed E-state index contributed by atoms with van der Waals surface area (Å²) in [5.74, 6) is -0.0359. The van der Waals surface area contributed by atoms with Crippen LogP contribution in [0.3, 0.4) is 0 Å². The second-order valence-electron chi connectivity index (χ2n) is 7.35. The Hall–Kier alpha value is -2.50. The van der Waals surface area contributed by atoms with Crippen molar-refractivity contribution in [3.05, 3.63) is 32.4 Å². The van der Waals surface area contributed by atoms with Crippen molar-refractivity contribution < 1.29 is 14.4 Å². The van der Waals surface area contributed by atoms with Gasteiger partial charge in [-0.2, -0.15) is 10.1 Å². The van der Waals surface area contributed by atoms with E-state index < -0.39 is 4.92 Å². The van der Waals surface area contributed by atoms with Crippen LogP contribution in [-0.2, 0) is 11.3 Å². The first-order valence-corrected chi connectivity index (χ1v) is 12.1. The number of nitrogens with one attached hydrogen (secondary N) is 1. The predicted octanol–water partition coefficient (Wildman–Crippen LogP) is 5.53. The molecule has 0 amide bonds. The van der Waals surface area contributed by atoms with Gasteiger partial charge in [0.15, 0.2) is 10.8 Å². The molecule has 1 fully saturated rings. The van der Waals surface area contributed by atoms with Crippen molar-refractivity contribution in [3.63, 3.8) is 0 Å². The van der Waals surface area contributed by atoms with Crippen LogP contribution >= 0.6 is 23.2 Å². The van der Waals surface area contributed by atoms with Crippen LogP contribution in [0.25, 0.3) is 11.0 Å². The molecule has 1 N–H and O–H groups in total. The summed E-state index contributed by atoms with van der Waals surface area (Å²) in [6, 6.07) is 0. The van der Waals surface area contributed by atoms with Crippen molar-refractivity contribution in [1.29, 1.82) is 0 Å². The van der Waals surface area contributed by atoms with Crippen LogP contribution in [-0.4, -0.2) is 54.7 Å². The van der Waals surface area contributed by atoms with E-state index in [1.807, 2.05) is 21.0 Å². The van der Waals surface area contributed by atoms with Gasteiger partial charge in [-0.25, -0.2) is 9.67 Å². The fourth-order valence-corrected chi connectivity index (χ4v) is 3.81. The van der Waals surface area contributed by atoms with E-state index in [-0.39, 0.29) is 28.6 Å². The van der Waals surface area contributed by atoms with Crippen LogP contribution in [0.1, 0.15) is 58.1 Å². The molecule has 0 radical (unpaired) electrons. The molecule has 4 rings (SSSR count). The van der Waals surface area contributed by atoms with Crippen LogP contribution < -0.4 is 4.74 Å². The molecule has 188 valence electrons. The predicted molar refractivity (Wildman–Crippen MR) is 131 cm³/mol. The number of aromatic amines is 1. The summed E-state index contributed by atoms with van der Waals surface area (Å²) < 4.78 is 12.1. The van der Waals surface area contributed by atoms with E-state index in [0.29, 0.717) is 35.8 Å². The van der Waals surface area contributed by atoms with Gasteiger partial charge in [0, 0.05) is 26.3 Å². The Morgan fingerprint density at radius 2 is 1.97 bits per heavy atom. The SMILES string of the molecule is CC.COC1CCCCC1.Cc1[nH]nc(OCCCn2nc(Cl)c3cnc(Cl)nc32)c1[N+](=O)[O-]. The number of H-pyrrole nitrogens is 1. The molecule has 1 saturated carbocycles.